The molecule has 0 bridgehead atoms. The van der Waals surface area contributed by atoms with Gasteiger partial charge in [-0.3, -0.25) is 0 Å². The van der Waals surface area contributed by atoms with Gasteiger partial charge in [0, 0.05) is 33.4 Å². The molecule has 288 valence electrons. The Bertz CT molecular complexity index is 3520. The number of anilines is 3. The SMILES string of the molecule is C1=CCCC(c2cccc(N(c3ccc(-c4ccc5c(c4)oc4ccc6nc(-c7ccccc7)sc6c45)cc3)c3ccc(-c4cc5ccccc5c5ccccc45)cc3)c2)=C1. The summed E-state index contributed by atoms with van der Waals surface area (Å²) < 4.78 is 7.68. The predicted molar refractivity (Wildman–Crippen MR) is 259 cm³/mol. The molecule has 0 amide bonds. The number of aromatic nitrogens is 1. The minimum Gasteiger partial charge on any atom is -0.456 e. The van der Waals surface area contributed by atoms with Gasteiger partial charge in [0.05, 0.1) is 10.2 Å². The lowest BCUT2D eigenvalue weighted by Crippen LogP contribution is -2.10. The number of benzene rings is 9. The van der Waals surface area contributed by atoms with Crippen LogP contribution in [0.3, 0.4) is 0 Å². The van der Waals surface area contributed by atoms with Gasteiger partial charge in [0.2, 0.25) is 0 Å². The zero-order chi connectivity index (χ0) is 40.3. The average Bonchev–Trinajstić information content (AvgIpc) is 3.94. The Hall–Kier alpha value is -7.53. The van der Waals surface area contributed by atoms with Crippen LogP contribution in [0.5, 0.6) is 0 Å². The number of rotatable bonds is 7. The number of furan rings is 1. The van der Waals surface area contributed by atoms with E-state index in [2.05, 4.69) is 205 Å². The van der Waals surface area contributed by atoms with Crippen molar-refractivity contribution < 1.29 is 4.42 Å². The van der Waals surface area contributed by atoms with Crippen LogP contribution in [0.15, 0.2) is 211 Å². The first-order valence-corrected chi connectivity index (χ1v) is 21.7. The fraction of sp³-hybridized carbons (Fsp3) is 0.0351. The molecule has 2 aromatic heterocycles. The summed E-state index contributed by atoms with van der Waals surface area (Å²) in [5.41, 5.74) is 14.5. The van der Waals surface area contributed by atoms with Crippen LogP contribution in [0, 0.1) is 0 Å². The summed E-state index contributed by atoms with van der Waals surface area (Å²) >= 11 is 1.73. The molecule has 9 aromatic carbocycles. The number of allylic oxidation sites excluding steroid dienone is 4. The van der Waals surface area contributed by atoms with Crippen molar-refractivity contribution in [1.82, 2.24) is 4.98 Å². The molecular formula is C57H38N2OS. The zero-order valence-electron chi connectivity index (χ0n) is 33.3. The number of hydrogen-bond donors (Lipinski definition) is 0. The quantitative estimate of drug-likeness (QED) is 0.150. The zero-order valence-corrected chi connectivity index (χ0v) is 34.1. The Balaban J connectivity index is 0.923. The molecule has 1 aliphatic carbocycles. The van der Waals surface area contributed by atoms with Crippen LogP contribution < -0.4 is 4.90 Å². The van der Waals surface area contributed by atoms with Crippen LogP contribution in [0.4, 0.5) is 17.1 Å². The van der Waals surface area contributed by atoms with E-state index in [0.717, 1.165) is 83.8 Å². The van der Waals surface area contributed by atoms with E-state index >= 15 is 0 Å². The van der Waals surface area contributed by atoms with Gasteiger partial charge in [-0.1, -0.05) is 140 Å². The predicted octanol–water partition coefficient (Wildman–Crippen LogP) is 16.7. The minimum absolute atomic E-state index is 0.878. The summed E-state index contributed by atoms with van der Waals surface area (Å²) in [6.45, 7) is 0. The Labute approximate surface area is 357 Å². The van der Waals surface area contributed by atoms with Crippen molar-refractivity contribution in [2.45, 2.75) is 12.8 Å². The molecule has 2 heterocycles. The van der Waals surface area contributed by atoms with E-state index in [1.54, 1.807) is 11.3 Å². The second-order valence-electron chi connectivity index (χ2n) is 15.8. The molecule has 0 aliphatic heterocycles. The third-order valence-electron chi connectivity index (χ3n) is 12.2. The van der Waals surface area contributed by atoms with E-state index in [0.29, 0.717) is 0 Å². The monoisotopic (exact) mass is 798 g/mol. The number of nitrogens with zero attached hydrogens (tertiary/aromatic N) is 2. The topological polar surface area (TPSA) is 29.3 Å². The Morgan fingerprint density at radius 1 is 0.492 bits per heavy atom. The summed E-state index contributed by atoms with van der Waals surface area (Å²) in [4.78, 5) is 7.36. The fourth-order valence-electron chi connectivity index (χ4n) is 9.15. The molecule has 0 N–H and O–H groups in total. The first-order chi connectivity index (χ1) is 30.2. The first-order valence-electron chi connectivity index (χ1n) is 20.9. The number of thiazole rings is 1. The van der Waals surface area contributed by atoms with Crippen molar-refractivity contribution >= 4 is 87.7 Å². The largest absolute Gasteiger partial charge is 0.456 e. The van der Waals surface area contributed by atoms with Gasteiger partial charge in [0.1, 0.15) is 16.2 Å². The van der Waals surface area contributed by atoms with Gasteiger partial charge in [-0.2, -0.15) is 0 Å². The van der Waals surface area contributed by atoms with Crippen molar-refractivity contribution in [2.75, 3.05) is 4.90 Å². The van der Waals surface area contributed by atoms with E-state index in [-0.39, 0.29) is 0 Å². The maximum atomic E-state index is 6.52. The molecule has 0 spiro atoms. The molecule has 0 fully saturated rings. The summed E-state index contributed by atoms with van der Waals surface area (Å²) in [6.07, 6.45) is 8.79. The summed E-state index contributed by atoms with van der Waals surface area (Å²) in [7, 11) is 0. The molecular weight excluding hydrogens is 761 g/mol. The molecule has 0 unspecified atom stereocenters. The highest BCUT2D eigenvalue weighted by Gasteiger charge is 2.18. The van der Waals surface area contributed by atoms with Crippen molar-refractivity contribution in [3.8, 4) is 32.8 Å². The molecule has 1 aliphatic rings. The van der Waals surface area contributed by atoms with Gasteiger partial charge in [0.25, 0.3) is 0 Å². The second-order valence-corrected chi connectivity index (χ2v) is 16.8. The lowest BCUT2D eigenvalue weighted by molar-refractivity contribution is 0.669. The molecule has 12 rings (SSSR count). The highest BCUT2D eigenvalue weighted by Crippen LogP contribution is 2.43. The maximum Gasteiger partial charge on any atom is 0.137 e. The van der Waals surface area contributed by atoms with Crippen LogP contribution >= 0.6 is 11.3 Å². The lowest BCUT2D eigenvalue weighted by atomic mass is 9.93. The van der Waals surface area contributed by atoms with Gasteiger partial charge < -0.3 is 9.32 Å². The van der Waals surface area contributed by atoms with Gasteiger partial charge in [-0.25, -0.2) is 4.98 Å². The molecule has 0 atom stereocenters. The first kappa shape index (κ1) is 35.4. The Kier molecular flexibility index (Phi) is 8.50. The van der Waals surface area contributed by atoms with Crippen LogP contribution in [0.25, 0.3) is 92.1 Å². The third-order valence-corrected chi connectivity index (χ3v) is 13.3. The third kappa shape index (κ3) is 6.23. The molecule has 3 nitrogen and oxygen atoms in total. The lowest BCUT2D eigenvalue weighted by Gasteiger charge is -2.27. The van der Waals surface area contributed by atoms with Crippen molar-refractivity contribution in [3.63, 3.8) is 0 Å². The van der Waals surface area contributed by atoms with E-state index in [4.69, 9.17) is 9.40 Å². The van der Waals surface area contributed by atoms with Crippen LogP contribution in [-0.2, 0) is 0 Å². The molecule has 61 heavy (non-hydrogen) atoms. The van der Waals surface area contributed by atoms with Crippen LogP contribution in [0.1, 0.15) is 18.4 Å². The molecule has 0 radical (unpaired) electrons. The summed E-state index contributed by atoms with van der Waals surface area (Å²) in [5, 5.41) is 8.33. The van der Waals surface area contributed by atoms with Crippen LogP contribution in [-0.4, -0.2) is 4.98 Å². The second kappa shape index (κ2) is 14.6. The Morgan fingerprint density at radius 3 is 2.02 bits per heavy atom. The summed E-state index contributed by atoms with van der Waals surface area (Å²) in [5.74, 6) is 0. The number of hydrogen-bond acceptors (Lipinski definition) is 4. The van der Waals surface area contributed by atoms with Crippen LogP contribution in [0.2, 0.25) is 0 Å². The van der Waals surface area contributed by atoms with E-state index in [9.17, 15) is 0 Å². The van der Waals surface area contributed by atoms with E-state index in [1.807, 2.05) is 6.07 Å². The maximum absolute atomic E-state index is 6.52. The van der Waals surface area contributed by atoms with Gasteiger partial charge >= 0.3 is 0 Å². The summed E-state index contributed by atoms with van der Waals surface area (Å²) in [6, 6.07) is 67.9. The van der Waals surface area contributed by atoms with Gasteiger partial charge in [0.15, 0.2) is 0 Å². The van der Waals surface area contributed by atoms with Gasteiger partial charge in [-0.15, -0.1) is 11.3 Å². The van der Waals surface area contributed by atoms with Crippen molar-refractivity contribution in [1.29, 1.82) is 0 Å². The smallest absolute Gasteiger partial charge is 0.137 e. The fourth-order valence-corrected chi connectivity index (χ4v) is 10.3. The normalized spacial score (nSPS) is 12.8. The number of fused-ring (bicyclic) bond motifs is 8. The van der Waals surface area contributed by atoms with E-state index in [1.165, 1.54) is 43.8 Å². The van der Waals surface area contributed by atoms with E-state index < -0.39 is 0 Å². The highest BCUT2D eigenvalue weighted by molar-refractivity contribution is 7.22. The average molecular weight is 799 g/mol. The molecule has 11 aromatic rings. The molecule has 0 saturated carbocycles. The van der Waals surface area contributed by atoms with Crippen molar-refractivity contribution in [3.05, 3.63) is 212 Å². The molecule has 0 saturated heterocycles. The standard InChI is InChI=1S/C57H38N2OS/c1-3-12-37(13-4-1)41-17-11-18-46(34-41)59(45-29-24-39(25-30-45)51-35-43-16-7-8-19-47(43)48-20-9-10-21-49(48)51)44-27-22-38(23-28-44)42-26-31-50-54(36-42)60-53-33-32-52-56(55(50)53)61-57(58-52)40-14-5-2-6-15-40/h1-3,5-12,14-36H,4,13H2. The highest BCUT2D eigenvalue weighted by atomic mass is 32.1. The minimum atomic E-state index is 0.878. The molecule has 4 heteroatoms. The van der Waals surface area contributed by atoms with Gasteiger partial charge in [-0.05, 0) is 135 Å². The van der Waals surface area contributed by atoms with Crippen molar-refractivity contribution in [2.24, 2.45) is 0 Å². The Morgan fingerprint density at radius 2 is 1.21 bits per heavy atom.